The first kappa shape index (κ1) is 13.5. The number of aromatic nitrogens is 1. The second-order valence-electron chi connectivity index (χ2n) is 3.86. The average molecular weight is 271 g/mol. The van der Waals surface area contributed by atoms with Gasteiger partial charge in [0.2, 0.25) is 0 Å². The lowest BCUT2D eigenvalue weighted by molar-refractivity contribution is -0.139. The molecule has 100 valence electrons. The van der Waals surface area contributed by atoms with Crippen molar-refractivity contribution in [2.24, 2.45) is 0 Å². The van der Waals surface area contributed by atoms with E-state index in [1.807, 2.05) is 0 Å². The molecule has 2 aromatic rings. The molecule has 1 unspecified atom stereocenters. The van der Waals surface area contributed by atoms with Crippen molar-refractivity contribution >= 4 is 0 Å². The molecule has 1 atom stereocenters. The van der Waals surface area contributed by atoms with Gasteiger partial charge in [0, 0.05) is 6.20 Å². The van der Waals surface area contributed by atoms with Crippen LogP contribution in [0.15, 0.2) is 42.6 Å². The van der Waals surface area contributed by atoms with E-state index in [2.05, 4.69) is 4.98 Å². The third-order valence-corrected chi connectivity index (χ3v) is 2.61. The summed E-state index contributed by atoms with van der Waals surface area (Å²) in [5.41, 5.74) is -1.86. The van der Waals surface area contributed by atoms with Gasteiger partial charge in [0.25, 0.3) is 0 Å². The van der Waals surface area contributed by atoms with Gasteiger partial charge in [0.1, 0.15) is 17.6 Å². The highest BCUT2D eigenvalue weighted by atomic mass is 19.4. The summed E-state index contributed by atoms with van der Waals surface area (Å²) in [4.78, 5) is 3.59. The Bertz CT molecular complexity index is 583. The Kier molecular flexibility index (Phi) is 3.53. The third-order valence-electron chi connectivity index (χ3n) is 2.61. The van der Waals surface area contributed by atoms with Gasteiger partial charge in [-0.2, -0.15) is 13.2 Å². The molecule has 1 aromatic carbocycles. The number of halogens is 4. The van der Waals surface area contributed by atoms with Crippen LogP contribution in [0, 0.1) is 5.82 Å². The lowest BCUT2D eigenvalue weighted by Gasteiger charge is -2.17. The predicted molar refractivity (Wildman–Crippen MR) is 59.7 cm³/mol. The number of nitrogens with zero attached hydrogens (tertiary/aromatic N) is 1. The zero-order valence-electron chi connectivity index (χ0n) is 9.53. The Hall–Kier alpha value is -1.95. The van der Waals surface area contributed by atoms with E-state index in [1.165, 1.54) is 24.4 Å². The monoisotopic (exact) mass is 271 g/mol. The molecule has 1 aromatic heterocycles. The zero-order valence-corrected chi connectivity index (χ0v) is 9.53. The molecule has 2 rings (SSSR count). The van der Waals surface area contributed by atoms with E-state index in [4.69, 9.17) is 0 Å². The molecule has 0 saturated heterocycles. The maximum atomic E-state index is 13.5. The van der Waals surface area contributed by atoms with Crippen molar-refractivity contribution in [3.63, 3.8) is 0 Å². The highest BCUT2D eigenvalue weighted by Gasteiger charge is 2.35. The molecule has 0 fully saturated rings. The minimum Gasteiger partial charge on any atom is -0.382 e. The fourth-order valence-corrected chi connectivity index (χ4v) is 1.74. The van der Waals surface area contributed by atoms with Gasteiger partial charge in [-0.15, -0.1) is 0 Å². The summed E-state index contributed by atoms with van der Waals surface area (Å²) in [7, 11) is 0. The minimum atomic E-state index is -4.62. The standard InChI is InChI=1S/C13H9F4NO/c14-10-6-3-7-18-11(10)12(19)8-4-1-2-5-9(8)13(15,16)17/h1-7,12,19H. The average Bonchev–Trinajstić information content (AvgIpc) is 2.37. The molecule has 0 bridgehead atoms. The molecule has 2 nitrogen and oxygen atoms in total. The van der Waals surface area contributed by atoms with Gasteiger partial charge >= 0.3 is 6.18 Å². The molecule has 0 aliphatic heterocycles. The van der Waals surface area contributed by atoms with Crippen molar-refractivity contribution < 1.29 is 22.7 Å². The lowest BCUT2D eigenvalue weighted by atomic mass is 9.99. The number of pyridine rings is 1. The summed E-state index contributed by atoms with van der Waals surface area (Å²) in [6.07, 6.45) is -5.18. The maximum Gasteiger partial charge on any atom is 0.416 e. The molecule has 6 heteroatoms. The van der Waals surface area contributed by atoms with Gasteiger partial charge < -0.3 is 5.11 Å². The fraction of sp³-hybridized carbons (Fsp3) is 0.154. The van der Waals surface area contributed by atoms with Crippen molar-refractivity contribution in [1.29, 1.82) is 0 Å². The number of alkyl halides is 3. The highest BCUT2D eigenvalue weighted by Crippen LogP contribution is 2.36. The Balaban J connectivity index is 2.51. The van der Waals surface area contributed by atoms with Gasteiger partial charge in [-0.3, -0.25) is 4.98 Å². The predicted octanol–water partition coefficient (Wildman–Crippen LogP) is 3.32. The van der Waals surface area contributed by atoms with E-state index in [0.717, 1.165) is 18.2 Å². The summed E-state index contributed by atoms with van der Waals surface area (Å²) < 4.78 is 51.8. The molecule has 0 amide bonds. The molecular formula is C13H9F4NO. The summed E-state index contributed by atoms with van der Waals surface area (Å²) in [6.45, 7) is 0. The summed E-state index contributed by atoms with van der Waals surface area (Å²) in [6, 6.07) is 6.80. The van der Waals surface area contributed by atoms with Crippen molar-refractivity contribution in [3.8, 4) is 0 Å². The van der Waals surface area contributed by atoms with Gasteiger partial charge in [-0.1, -0.05) is 18.2 Å². The van der Waals surface area contributed by atoms with Gasteiger partial charge in [-0.05, 0) is 23.8 Å². The molecule has 1 N–H and O–H groups in total. The van der Waals surface area contributed by atoms with Crippen LogP contribution in [0.4, 0.5) is 17.6 Å². The van der Waals surface area contributed by atoms with E-state index < -0.39 is 34.9 Å². The number of hydrogen-bond acceptors (Lipinski definition) is 2. The first-order valence-corrected chi connectivity index (χ1v) is 5.36. The molecule has 0 radical (unpaired) electrons. The van der Waals surface area contributed by atoms with Crippen LogP contribution in [-0.2, 0) is 6.18 Å². The maximum absolute atomic E-state index is 13.5. The van der Waals surface area contributed by atoms with Gasteiger partial charge in [0.15, 0.2) is 0 Å². The van der Waals surface area contributed by atoms with Crippen LogP contribution in [0.2, 0.25) is 0 Å². The largest absolute Gasteiger partial charge is 0.416 e. The lowest BCUT2D eigenvalue weighted by Crippen LogP contribution is -2.14. The molecule has 0 spiro atoms. The normalized spacial score (nSPS) is 13.3. The molecule has 1 heterocycles. The van der Waals surface area contributed by atoms with Crippen LogP contribution in [0.1, 0.15) is 22.9 Å². The molecular weight excluding hydrogens is 262 g/mol. The number of aliphatic hydroxyl groups is 1. The van der Waals surface area contributed by atoms with Crippen molar-refractivity contribution in [2.75, 3.05) is 0 Å². The SMILES string of the molecule is OC(c1ccccc1C(F)(F)F)c1ncccc1F. The smallest absolute Gasteiger partial charge is 0.382 e. The number of aliphatic hydroxyl groups excluding tert-OH is 1. The van der Waals surface area contributed by atoms with E-state index in [9.17, 15) is 22.7 Å². The number of rotatable bonds is 2. The Labute approximate surface area is 106 Å². The van der Waals surface area contributed by atoms with Crippen LogP contribution in [0.25, 0.3) is 0 Å². The molecule has 0 saturated carbocycles. The first-order valence-electron chi connectivity index (χ1n) is 5.36. The number of benzene rings is 1. The molecule has 0 aliphatic rings. The van der Waals surface area contributed by atoms with Crippen LogP contribution < -0.4 is 0 Å². The minimum absolute atomic E-state index is 0.424. The van der Waals surface area contributed by atoms with Crippen LogP contribution >= 0.6 is 0 Å². The van der Waals surface area contributed by atoms with Gasteiger partial charge in [0.05, 0.1) is 5.56 Å². The second-order valence-corrected chi connectivity index (χ2v) is 3.86. The van der Waals surface area contributed by atoms with Crippen LogP contribution in [0.3, 0.4) is 0 Å². The van der Waals surface area contributed by atoms with Crippen LogP contribution in [0.5, 0.6) is 0 Å². The van der Waals surface area contributed by atoms with E-state index >= 15 is 0 Å². The van der Waals surface area contributed by atoms with Crippen molar-refractivity contribution in [2.45, 2.75) is 12.3 Å². The van der Waals surface area contributed by atoms with Crippen molar-refractivity contribution in [3.05, 3.63) is 65.2 Å². The number of hydrogen-bond donors (Lipinski definition) is 1. The molecule has 19 heavy (non-hydrogen) atoms. The summed E-state index contributed by atoms with van der Waals surface area (Å²) >= 11 is 0. The van der Waals surface area contributed by atoms with Gasteiger partial charge in [-0.25, -0.2) is 4.39 Å². The fourth-order valence-electron chi connectivity index (χ4n) is 1.74. The third kappa shape index (κ3) is 2.73. The van der Waals surface area contributed by atoms with E-state index in [-0.39, 0.29) is 0 Å². The van der Waals surface area contributed by atoms with E-state index in [1.54, 1.807) is 0 Å². The topological polar surface area (TPSA) is 33.1 Å². The molecule has 0 aliphatic carbocycles. The quantitative estimate of drug-likeness (QED) is 0.850. The Morgan fingerprint density at radius 3 is 2.37 bits per heavy atom. The first-order chi connectivity index (χ1) is 8.91. The highest BCUT2D eigenvalue weighted by molar-refractivity contribution is 5.35. The zero-order chi connectivity index (χ0) is 14.0. The summed E-state index contributed by atoms with van der Waals surface area (Å²) in [5.74, 6) is -0.855. The Morgan fingerprint density at radius 2 is 1.74 bits per heavy atom. The van der Waals surface area contributed by atoms with E-state index in [0.29, 0.717) is 0 Å². The Morgan fingerprint density at radius 1 is 1.05 bits per heavy atom. The van der Waals surface area contributed by atoms with Crippen molar-refractivity contribution in [1.82, 2.24) is 4.98 Å². The summed E-state index contributed by atoms with van der Waals surface area (Å²) in [5, 5.41) is 9.91. The second kappa shape index (κ2) is 4.97. The van der Waals surface area contributed by atoms with Crippen LogP contribution in [-0.4, -0.2) is 10.1 Å².